The van der Waals surface area contributed by atoms with Gasteiger partial charge in [0, 0.05) is 12.6 Å². The SMILES string of the molecule is CCc1ccc(CNC)cc1S(=O)(=O)NC(C)C1CCC1. The predicted molar refractivity (Wildman–Crippen MR) is 85.7 cm³/mol. The molecule has 1 aromatic carbocycles. The highest BCUT2D eigenvalue weighted by atomic mass is 32.2. The number of nitrogens with one attached hydrogen (secondary N) is 2. The molecule has 4 nitrogen and oxygen atoms in total. The Bertz CT molecular complexity index is 580. The minimum Gasteiger partial charge on any atom is -0.316 e. The van der Waals surface area contributed by atoms with E-state index in [0.29, 0.717) is 23.8 Å². The van der Waals surface area contributed by atoms with Gasteiger partial charge in [0.25, 0.3) is 0 Å². The van der Waals surface area contributed by atoms with E-state index in [1.807, 2.05) is 33.0 Å². The maximum atomic E-state index is 12.7. The molecule has 0 spiro atoms. The molecule has 1 fully saturated rings. The van der Waals surface area contributed by atoms with Crippen molar-refractivity contribution >= 4 is 10.0 Å². The molecule has 21 heavy (non-hydrogen) atoms. The number of hydrogen-bond donors (Lipinski definition) is 2. The fourth-order valence-corrected chi connectivity index (χ4v) is 4.47. The first-order chi connectivity index (χ1) is 9.97. The zero-order valence-corrected chi connectivity index (χ0v) is 14.0. The molecule has 0 aromatic heterocycles. The lowest BCUT2D eigenvalue weighted by Gasteiger charge is -2.31. The van der Waals surface area contributed by atoms with Crippen molar-refractivity contribution in [1.29, 1.82) is 0 Å². The summed E-state index contributed by atoms with van der Waals surface area (Å²) in [5.74, 6) is 0.491. The average Bonchev–Trinajstić information content (AvgIpc) is 2.36. The monoisotopic (exact) mass is 310 g/mol. The molecule has 0 saturated heterocycles. The van der Waals surface area contributed by atoms with Crippen LogP contribution in [0.3, 0.4) is 0 Å². The number of benzene rings is 1. The molecule has 1 unspecified atom stereocenters. The first kappa shape index (κ1) is 16.5. The minimum atomic E-state index is -3.44. The van der Waals surface area contributed by atoms with Crippen LogP contribution in [0.2, 0.25) is 0 Å². The largest absolute Gasteiger partial charge is 0.316 e. The Morgan fingerprint density at radius 2 is 2.05 bits per heavy atom. The Morgan fingerprint density at radius 3 is 2.57 bits per heavy atom. The van der Waals surface area contributed by atoms with Crippen LogP contribution < -0.4 is 10.0 Å². The first-order valence-corrected chi connectivity index (χ1v) is 9.25. The fraction of sp³-hybridized carbons (Fsp3) is 0.625. The van der Waals surface area contributed by atoms with Crippen molar-refractivity contribution < 1.29 is 8.42 Å². The van der Waals surface area contributed by atoms with E-state index in [0.717, 1.165) is 24.0 Å². The van der Waals surface area contributed by atoms with Gasteiger partial charge in [0.2, 0.25) is 10.0 Å². The summed E-state index contributed by atoms with van der Waals surface area (Å²) in [6, 6.07) is 5.73. The van der Waals surface area contributed by atoms with Crippen molar-refractivity contribution in [2.75, 3.05) is 7.05 Å². The maximum Gasteiger partial charge on any atom is 0.241 e. The lowest BCUT2D eigenvalue weighted by Crippen LogP contribution is -2.40. The second-order valence-electron chi connectivity index (χ2n) is 5.93. The highest BCUT2D eigenvalue weighted by Crippen LogP contribution is 2.30. The van der Waals surface area contributed by atoms with Crippen LogP contribution in [0.5, 0.6) is 0 Å². The number of sulfonamides is 1. The molecule has 2 N–H and O–H groups in total. The third kappa shape index (κ3) is 3.84. The summed E-state index contributed by atoms with van der Waals surface area (Å²) in [5, 5.41) is 3.06. The van der Waals surface area contributed by atoms with Crippen molar-refractivity contribution in [2.45, 2.75) is 57.0 Å². The fourth-order valence-electron chi connectivity index (χ4n) is 2.80. The highest BCUT2D eigenvalue weighted by molar-refractivity contribution is 7.89. The summed E-state index contributed by atoms with van der Waals surface area (Å²) >= 11 is 0. The van der Waals surface area contributed by atoms with E-state index in [4.69, 9.17) is 0 Å². The molecule has 1 saturated carbocycles. The third-order valence-electron chi connectivity index (χ3n) is 4.38. The topological polar surface area (TPSA) is 58.2 Å². The van der Waals surface area contributed by atoms with Gasteiger partial charge in [0.05, 0.1) is 4.90 Å². The zero-order chi connectivity index (χ0) is 15.5. The van der Waals surface area contributed by atoms with Gasteiger partial charge < -0.3 is 5.32 Å². The number of rotatable bonds is 7. The van der Waals surface area contributed by atoms with E-state index in [2.05, 4.69) is 10.0 Å². The van der Waals surface area contributed by atoms with Gasteiger partial charge in [-0.3, -0.25) is 0 Å². The molecule has 2 rings (SSSR count). The van der Waals surface area contributed by atoms with Crippen LogP contribution in [-0.4, -0.2) is 21.5 Å². The highest BCUT2D eigenvalue weighted by Gasteiger charge is 2.28. The zero-order valence-electron chi connectivity index (χ0n) is 13.1. The van der Waals surface area contributed by atoms with E-state index in [-0.39, 0.29) is 6.04 Å². The maximum absolute atomic E-state index is 12.7. The van der Waals surface area contributed by atoms with Gasteiger partial charge in [0.15, 0.2) is 0 Å². The van der Waals surface area contributed by atoms with Gasteiger partial charge in [0.1, 0.15) is 0 Å². The Morgan fingerprint density at radius 1 is 1.33 bits per heavy atom. The van der Waals surface area contributed by atoms with Gasteiger partial charge >= 0.3 is 0 Å². The Hall–Kier alpha value is -0.910. The molecule has 0 radical (unpaired) electrons. The van der Waals surface area contributed by atoms with Crippen molar-refractivity contribution in [1.82, 2.24) is 10.0 Å². The second kappa shape index (κ2) is 6.90. The molecule has 5 heteroatoms. The second-order valence-corrected chi connectivity index (χ2v) is 7.61. The van der Waals surface area contributed by atoms with E-state index in [1.165, 1.54) is 6.42 Å². The molecule has 118 valence electrons. The molecule has 0 heterocycles. The first-order valence-electron chi connectivity index (χ1n) is 7.76. The summed E-state index contributed by atoms with van der Waals surface area (Å²) in [5.41, 5.74) is 1.87. The molecule has 1 atom stereocenters. The summed E-state index contributed by atoms with van der Waals surface area (Å²) in [6.07, 6.45) is 4.19. The molecular weight excluding hydrogens is 284 g/mol. The van der Waals surface area contributed by atoms with Crippen LogP contribution in [0.4, 0.5) is 0 Å². The van der Waals surface area contributed by atoms with E-state index >= 15 is 0 Å². The van der Waals surface area contributed by atoms with Crippen LogP contribution in [0.25, 0.3) is 0 Å². The summed E-state index contributed by atoms with van der Waals surface area (Å²) in [6.45, 7) is 4.64. The Balaban J connectivity index is 2.26. The minimum absolute atomic E-state index is 0.0152. The Kier molecular flexibility index (Phi) is 5.41. The molecule has 1 aliphatic rings. The molecule has 0 aliphatic heterocycles. The lowest BCUT2D eigenvalue weighted by atomic mass is 9.81. The molecular formula is C16H26N2O2S. The number of hydrogen-bond acceptors (Lipinski definition) is 3. The van der Waals surface area contributed by atoms with Crippen LogP contribution in [0, 0.1) is 5.92 Å². The van der Waals surface area contributed by atoms with Gasteiger partial charge in [-0.25, -0.2) is 13.1 Å². The Labute approximate surface area is 128 Å². The van der Waals surface area contributed by atoms with Gasteiger partial charge in [-0.1, -0.05) is 25.5 Å². The average molecular weight is 310 g/mol. The van der Waals surface area contributed by atoms with Crippen molar-refractivity contribution in [3.63, 3.8) is 0 Å². The summed E-state index contributed by atoms with van der Waals surface area (Å²) < 4.78 is 28.3. The van der Waals surface area contributed by atoms with Crippen molar-refractivity contribution in [3.8, 4) is 0 Å². The van der Waals surface area contributed by atoms with E-state index in [9.17, 15) is 8.42 Å². The van der Waals surface area contributed by atoms with Crippen molar-refractivity contribution in [3.05, 3.63) is 29.3 Å². The third-order valence-corrected chi connectivity index (χ3v) is 6.02. The normalized spacial score (nSPS) is 17.5. The quantitative estimate of drug-likeness (QED) is 0.813. The van der Waals surface area contributed by atoms with E-state index in [1.54, 1.807) is 6.07 Å². The van der Waals surface area contributed by atoms with Crippen LogP contribution in [0.1, 0.15) is 44.2 Å². The van der Waals surface area contributed by atoms with Gasteiger partial charge in [-0.2, -0.15) is 0 Å². The standard InChI is InChI=1S/C16H26N2O2S/c1-4-14-9-8-13(11-17-3)10-16(14)21(19,20)18-12(2)15-6-5-7-15/h8-10,12,15,17-18H,4-7,11H2,1-3H3. The smallest absolute Gasteiger partial charge is 0.241 e. The van der Waals surface area contributed by atoms with Gasteiger partial charge in [-0.15, -0.1) is 0 Å². The molecule has 0 bridgehead atoms. The lowest BCUT2D eigenvalue weighted by molar-refractivity contribution is 0.260. The summed E-state index contributed by atoms with van der Waals surface area (Å²) in [4.78, 5) is 0.434. The molecule has 1 aliphatic carbocycles. The van der Waals surface area contributed by atoms with E-state index < -0.39 is 10.0 Å². The predicted octanol–water partition coefficient (Wildman–Crippen LogP) is 2.44. The summed E-state index contributed by atoms with van der Waals surface area (Å²) in [7, 11) is -1.58. The van der Waals surface area contributed by atoms with Gasteiger partial charge in [-0.05, 0) is 56.3 Å². The molecule has 0 amide bonds. The number of aryl methyl sites for hydroxylation is 1. The van der Waals surface area contributed by atoms with Crippen LogP contribution >= 0.6 is 0 Å². The van der Waals surface area contributed by atoms with Crippen LogP contribution in [0.15, 0.2) is 23.1 Å². The van der Waals surface area contributed by atoms with Crippen molar-refractivity contribution in [2.24, 2.45) is 5.92 Å². The van der Waals surface area contributed by atoms with Crippen LogP contribution in [-0.2, 0) is 23.0 Å². The molecule has 1 aromatic rings.